The average molecular weight is 256 g/mol. The van der Waals surface area contributed by atoms with Crippen LogP contribution in [0.25, 0.3) is 0 Å². The van der Waals surface area contributed by atoms with Crippen LogP contribution in [0.2, 0.25) is 0 Å². The second-order valence-electron chi connectivity index (χ2n) is 4.35. The molecule has 1 unspecified atom stereocenters. The van der Waals surface area contributed by atoms with E-state index < -0.39 is 6.04 Å². The summed E-state index contributed by atoms with van der Waals surface area (Å²) in [5.41, 5.74) is 0.803. The minimum absolute atomic E-state index is 0.0974. The Labute approximate surface area is 112 Å². The molecule has 0 saturated carbocycles. The van der Waals surface area contributed by atoms with Crippen molar-refractivity contribution in [3.05, 3.63) is 35.9 Å². The van der Waals surface area contributed by atoms with Crippen LogP contribution in [0, 0.1) is 11.8 Å². The zero-order chi connectivity index (χ0) is 13.7. The summed E-state index contributed by atoms with van der Waals surface area (Å²) in [7, 11) is 0. The molecule has 1 aliphatic rings. The molecule has 2 amide bonds. The first-order valence-electron chi connectivity index (χ1n) is 6.25. The molecule has 1 aliphatic heterocycles. The molecule has 1 atom stereocenters. The standard InChI is InChI=1S/C15H16N2O2/c1-2-3-10-17-11-9-13(18)16-14(15(17)19)12-7-5-4-6-8-12/h4-8,14H,9-11H2,1H3,(H,16,18). The predicted octanol–water partition coefficient (Wildman–Crippen LogP) is 1.10. The Kier molecular flexibility index (Phi) is 4.19. The quantitative estimate of drug-likeness (QED) is 0.806. The van der Waals surface area contributed by atoms with Gasteiger partial charge >= 0.3 is 0 Å². The van der Waals surface area contributed by atoms with Gasteiger partial charge < -0.3 is 10.2 Å². The van der Waals surface area contributed by atoms with E-state index in [9.17, 15) is 9.59 Å². The van der Waals surface area contributed by atoms with Crippen LogP contribution < -0.4 is 5.32 Å². The number of nitrogens with one attached hydrogen (secondary N) is 1. The molecule has 98 valence electrons. The van der Waals surface area contributed by atoms with Crippen molar-refractivity contribution < 1.29 is 9.59 Å². The maximum atomic E-state index is 12.4. The van der Waals surface area contributed by atoms with Crippen molar-refractivity contribution in [3.63, 3.8) is 0 Å². The first-order chi connectivity index (χ1) is 9.22. The number of nitrogens with zero attached hydrogens (tertiary/aromatic N) is 1. The van der Waals surface area contributed by atoms with Gasteiger partial charge in [0.25, 0.3) is 5.91 Å². The summed E-state index contributed by atoms with van der Waals surface area (Å²) in [4.78, 5) is 25.8. The Balaban J connectivity index is 2.26. The molecular weight excluding hydrogens is 240 g/mol. The van der Waals surface area contributed by atoms with Gasteiger partial charge in [-0.05, 0) is 12.5 Å². The average Bonchev–Trinajstić information content (AvgIpc) is 2.58. The van der Waals surface area contributed by atoms with Crippen molar-refractivity contribution in [3.8, 4) is 11.8 Å². The lowest BCUT2D eigenvalue weighted by Crippen LogP contribution is -2.38. The topological polar surface area (TPSA) is 49.4 Å². The van der Waals surface area contributed by atoms with Gasteiger partial charge in [-0.25, -0.2) is 0 Å². The fourth-order valence-electron chi connectivity index (χ4n) is 2.03. The highest BCUT2D eigenvalue weighted by Crippen LogP contribution is 2.18. The molecule has 0 aliphatic carbocycles. The Morgan fingerprint density at radius 1 is 1.32 bits per heavy atom. The molecule has 1 heterocycles. The highest BCUT2D eigenvalue weighted by molar-refractivity contribution is 5.91. The maximum absolute atomic E-state index is 12.4. The third-order valence-corrected chi connectivity index (χ3v) is 3.05. The third-order valence-electron chi connectivity index (χ3n) is 3.05. The summed E-state index contributed by atoms with van der Waals surface area (Å²) in [6.45, 7) is 2.52. The van der Waals surface area contributed by atoms with Crippen LogP contribution in [-0.2, 0) is 9.59 Å². The molecule has 0 spiro atoms. The number of hydrogen-bond acceptors (Lipinski definition) is 2. The van der Waals surface area contributed by atoms with Crippen LogP contribution in [-0.4, -0.2) is 29.8 Å². The number of carbonyl (C=O) groups is 2. The van der Waals surface area contributed by atoms with E-state index >= 15 is 0 Å². The molecule has 1 saturated heterocycles. The van der Waals surface area contributed by atoms with Crippen LogP contribution in [0.4, 0.5) is 0 Å². The summed E-state index contributed by atoms with van der Waals surface area (Å²) in [6.07, 6.45) is 0.320. The van der Waals surface area contributed by atoms with E-state index in [-0.39, 0.29) is 11.8 Å². The summed E-state index contributed by atoms with van der Waals surface area (Å²) >= 11 is 0. The van der Waals surface area contributed by atoms with Gasteiger partial charge in [0.2, 0.25) is 5.91 Å². The lowest BCUT2D eigenvalue weighted by Gasteiger charge is -2.22. The minimum Gasteiger partial charge on any atom is -0.340 e. The Morgan fingerprint density at radius 2 is 2.05 bits per heavy atom. The van der Waals surface area contributed by atoms with Gasteiger partial charge in [0.15, 0.2) is 0 Å². The SMILES string of the molecule is CC#CCN1CCC(=O)NC(c2ccccc2)C1=O. The van der Waals surface area contributed by atoms with Crippen LogP contribution in [0.15, 0.2) is 30.3 Å². The summed E-state index contributed by atoms with van der Waals surface area (Å²) < 4.78 is 0. The van der Waals surface area contributed by atoms with Crippen LogP contribution >= 0.6 is 0 Å². The molecule has 1 fully saturated rings. The monoisotopic (exact) mass is 256 g/mol. The maximum Gasteiger partial charge on any atom is 0.250 e. The molecule has 1 aromatic carbocycles. The smallest absolute Gasteiger partial charge is 0.250 e. The second kappa shape index (κ2) is 6.05. The Morgan fingerprint density at radius 3 is 2.74 bits per heavy atom. The molecule has 2 rings (SSSR count). The third kappa shape index (κ3) is 3.14. The van der Waals surface area contributed by atoms with Gasteiger partial charge in [0.1, 0.15) is 6.04 Å². The second-order valence-corrected chi connectivity index (χ2v) is 4.35. The number of amides is 2. The van der Waals surface area contributed by atoms with Gasteiger partial charge in [-0.1, -0.05) is 36.3 Å². The van der Waals surface area contributed by atoms with E-state index in [2.05, 4.69) is 17.2 Å². The van der Waals surface area contributed by atoms with Crippen molar-refractivity contribution in [1.29, 1.82) is 0 Å². The lowest BCUT2D eigenvalue weighted by atomic mass is 10.1. The van der Waals surface area contributed by atoms with Crippen molar-refractivity contribution in [2.45, 2.75) is 19.4 Å². The lowest BCUT2D eigenvalue weighted by molar-refractivity contribution is -0.133. The van der Waals surface area contributed by atoms with Crippen molar-refractivity contribution in [1.82, 2.24) is 10.2 Å². The van der Waals surface area contributed by atoms with Crippen molar-refractivity contribution in [2.75, 3.05) is 13.1 Å². The highest BCUT2D eigenvalue weighted by Gasteiger charge is 2.30. The number of carbonyl (C=O) groups excluding carboxylic acids is 2. The largest absolute Gasteiger partial charge is 0.340 e. The van der Waals surface area contributed by atoms with E-state index in [4.69, 9.17) is 0 Å². The molecule has 0 aromatic heterocycles. The zero-order valence-corrected chi connectivity index (χ0v) is 10.8. The molecule has 0 bridgehead atoms. The van der Waals surface area contributed by atoms with E-state index in [0.29, 0.717) is 19.5 Å². The number of benzene rings is 1. The van der Waals surface area contributed by atoms with E-state index in [0.717, 1.165) is 5.56 Å². The number of rotatable bonds is 2. The summed E-state index contributed by atoms with van der Waals surface area (Å²) in [5, 5.41) is 2.77. The van der Waals surface area contributed by atoms with Gasteiger partial charge in [-0.2, -0.15) is 0 Å². The van der Waals surface area contributed by atoms with Crippen LogP contribution in [0.1, 0.15) is 24.9 Å². The fourth-order valence-corrected chi connectivity index (χ4v) is 2.03. The fraction of sp³-hybridized carbons (Fsp3) is 0.333. The summed E-state index contributed by atoms with van der Waals surface area (Å²) in [5.74, 6) is 5.45. The first-order valence-corrected chi connectivity index (χ1v) is 6.25. The normalized spacial score (nSPS) is 19.2. The molecule has 0 radical (unpaired) electrons. The highest BCUT2D eigenvalue weighted by atomic mass is 16.2. The molecule has 4 nitrogen and oxygen atoms in total. The van der Waals surface area contributed by atoms with Gasteiger partial charge in [0, 0.05) is 13.0 Å². The molecule has 19 heavy (non-hydrogen) atoms. The Bertz CT molecular complexity index is 528. The number of hydrogen-bond donors (Lipinski definition) is 1. The van der Waals surface area contributed by atoms with Crippen LogP contribution in [0.3, 0.4) is 0 Å². The van der Waals surface area contributed by atoms with E-state index in [1.807, 2.05) is 30.3 Å². The molecule has 1 N–H and O–H groups in total. The zero-order valence-electron chi connectivity index (χ0n) is 10.8. The predicted molar refractivity (Wildman–Crippen MR) is 72.0 cm³/mol. The van der Waals surface area contributed by atoms with Crippen LogP contribution in [0.5, 0.6) is 0 Å². The Hall–Kier alpha value is -2.28. The van der Waals surface area contributed by atoms with E-state index in [1.165, 1.54) is 0 Å². The van der Waals surface area contributed by atoms with Gasteiger partial charge in [-0.3, -0.25) is 9.59 Å². The van der Waals surface area contributed by atoms with E-state index in [1.54, 1.807) is 11.8 Å². The van der Waals surface area contributed by atoms with Crippen molar-refractivity contribution in [2.24, 2.45) is 0 Å². The first kappa shape index (κ1) is 13.2. The molecule has 4 heteroatoms. The van der Waals surface area contributed by atoms with Crippen molar-refractivity contribution >= 4 is 11.8 Å². The summed E-state index contributed by atoms with van der Waals surface area (Å²) in [6, 6.07) is 8.68. The molecule has 1 aromatic rings. The van der Waals surface area contributed by atoms with Gasteiger partial charge in [0.05, 0.1) is 6.54 Å². The minimum atomic E-state index is -0.602. The van der Waals surface area contributed by atoms with Gasteiger partial charge in [-0.15, -0.1) is 5.92 Å². The molecular formula is C15H16N2O2.